The van der Waals surface area contributed by atoms with Gasteiger partial charge in [-0.25, -0.2) is 0 Å². The monoisotopic (exact) mass is 379 g/mol. The van der Waals surface area contributed by atoms with Gasteiger partial charge in [0, 0.05) is 22.2 Å². The van der Waals surface area contributed by atoms with Gasteiger partial charge in [-0.3, -0.25) is 0 Å². The Hall–Kier alpha value is -1.22. The molecular formula is C21H27Cl2NO. The van der Waals surface area contributed by atoms with Crippen molar-refractivity contribution in [2.24, 2.45) is 0 Å². The van der Waals surface area contributed by atoms with E-state index in [4.69, 9.17) is 27.9 Å². The van der Waals surface area contributed by atoms with Crippen molar-refractivity contribution in [3.05, 3.63) is 63.6 Å². The first-order valence-corrected chi connectivity index (χ1v) is 9.81. The summed E-state index contributed by atoms with van der Waals surface area (Å²) in [5, 5.41) is 4.77. The van der Waals surface area contributed by atoms with Gasteiger partial charge in [0.1, 0.15) is 12.4 Å². The summed E-state index contributed by atoms with van der Waals surface area (Å²) in [6.45, 7) is 4.53. The van der Waals surface area contributed by atoms with E-state index in [1.165, 1.54) is 37.7 Å². The molecule has 2 aromatic carbocycles. The molecule has 0 heterocycles. The standard InChI is InChI=1S/C21H27Cl2NO/c1-2-3-4-5-6-13-24-15-17-9-7-10-18(14-17)25-16-19-20(22)11-8-12-21(19)23/h7-12,14,24H,2-6,13,15-16H2,1H3. The molecule has 0 unspecified atom stereocenters. The second-order valence-electron chi connectivity index (χ2n) is 6.23. The van der Waals surface area contributed by atoms with E-state index in [9.17, 15) is 0 Å². The van der Waals surface area contributed by atoms with Gasteiger partial charge < -0.3 is 10.1 Å². The Bertz CT molecular complexity index is 625. The Labute approximate surface area is 161 Å². The second kappa shape index (κ2) is 11.4. The number of benzene rings is 2. The zero-order chi connectivity index (χ0) is 17.9. The molecule has 0 amide bonds. The average molecular weight is 380 g/mol. The largest absolute Gasteiger partial charge is 0.489 e. The van der Waals surface area contributed by atoms with Crippen molar-refractivity contribution in [2.45, 2.75) is 52.2 Å². The van der Waals surface area contributed by atoms with Crippen molar-refractivity contribution in [3.63, 3.8) is 0 Å². The van der Waals surface area contributed by atoms with Crippen LogP contribution in [-0.2, 0) is 13.2 Å². The molecule has 0 aliphatic carbocycles. The Morgan fingerprint density at radius 1 is 0.920 bits per heavy atom. The summed E-state index contributed by atoms with van der Waals surface area (Å²) in [5.74, 6) is 0.832. The molecule has 0 bridgehead atoms. The van der Waals surface area contributed by atoms with Crippen LogP contribution >= 0.6 is 23.2 Å². The lowest BCUT2D eigenvalue weighted by Crippen LogP contribution is -2.14. The van der Waals surface area contributed by atoms with Gasteiger partial charge in [0.25, 0.3) is 0 Å². The van der Waals surface area contributed by atoms with Crippen molar-refractivity contribution >= 4 is 23.2 Å². The summed E-state index contributed by atoms with van der Waals surface area (Å²) in [4.78, 5) is 0. The normalized spacial score (nSPS) is 10.8. The highest BCUT2D eigenvalue weighted by Crippen LogP contribution is 2.26. The summed E-state index contributed by atoms with van der Waals surface area (Å²) >= 11 is 12.4. The maximum Gasteiger partial charge on any atom is 0.120 e. The van der Waals surface area contributed by atoms with Crippen LogP contribution in [0.3, 0.4) is 0 Å². The van der Waals surface area contributed by atoms with E-state index in [1.54, 1.807) is 0 Å². The van der Waals surface area contributed by atoms with Crippen LogP contribution < -0.4 is 10.1 Å². The van der Waals surface area contributed by atoms with Gasteiger partial charge >= 0.3 is 0 Å². The molecule has 0 spiro atoms. The van der Waals surface area contributed by atoms with Crippen LogP contribution in [0.25, 0.3) is 0 Å². The van der Waals surface area contributed by atoms with Gasteiger partial charge in [-0.15, -0.1) is 0 Å². The average Bonchev–Trinajstić information content (AvgIpc) is 2.61. The SMILES string of the molecule is CCCCCCCNCc1cccc(OCc2c(Cl)cccc2Cl)c1. The van der Waals surface area contributed by atoms with Gasteiger partial charge in [0.05, 0.1) is 0 Å². The van der Waals surface area contributed by atoms with Crippen molar-refractivity contribution in [3.8, 4) is 5.75 Å². The molecule has 0 saturated carbocycles. The topological polar surface area (TPSA) is 21.3 Å². The number of halogens is 2. The summed E-state index contributed by atoms with van der Waals surface area (Å²) < 4.78 is 5.87. The highest BCUT2D eigenvalue weighted by molar-refractivity contribution is 6.35. The smallest absolute Gasteiger partial charge is 0.120 e. The number of unbranched alkanes of at least 4 members (excludes halogenated alkanes) is 4. The van der Waals surface area contributed by atoms with E-state index in [1.807, 2.05) is 30.3 Å². The van der Waals surface area contributed by atoms with E-state index in [-0.39, 0.29) is 0 Å². The van der Waals surface area contributed by atoms with Crippen LogP contribution in [0.5, 0.6) is 5.75 Å². The number of nitrogens with one attached hydrogen (secondary N) is 1. The van der Waals surface area contributed by atoms with Crippen LogP contribution in [0, 0.1) is 0 Å². The fourth-order valence-electron chi connectivity index (χ4n) is 2.66. The second-order valence-corrected chi connectivity index (χ2v) is 7.04. The van der Waals surface area contributed by atoms with Gasteiger partial charge in [-0.05, 0) is 42.8 Å². The number of rotatable bonds is 11. The minimum absolute atomic E-state index is 0.368. The molecule has 136 valence electrons. The van der Waals surface area contributed by atoms with Crippen LogP contribution in [0.2, 0.25) is 10.0 Å². The fourth-order valence-corrected chi connectivity index (χ4v) is 3.16. The lowest BCUT2D eigenvalue weighted by molar-refractivity contribution is 0.306. The lowest BCUT2D eigenvalue weighted by atomic mass is 10.1. The molecule has 0 aliphatic rings. The third-order valence-electron chi connectivity index (χ3n) is 4.13. The Morgan fingerprint density at radius 2 is 1.64 bits per heavy atom. The molecular weight excluding hydrogens is 353 g/mol. The Balaban J connectivity index is 1.77. The number of hydrogen-bond acceptors (Lipinski definition) is 2. The zero-order valence-corrected chi connectivity index (χ0v) is 16.4. The highest BCUT2D eigenvalue weighted by Gasteiger charge is 2.06. The van der Waals surface area contributed by atoms with E-state index < -0.39 is 0 Å². The quantitative estimate of drug-likeness (QED) is 0.442. The molecule has 2 rings (SSSR count). The number of ether oxygens (including phenoxy) is 1. The minimum atomic E-state index is 0.368. The summed E-state index contributed by atoms with van der Waals surface area (Å²) in [6.07, 6.45) is 6.52. The Kier molecular flexibility index (Phi) is 9.17. The summed E-state index contributed by atoms with van der Waals surface area (Å²) in [5.41, 5.74) is 2.04. The molecule has 0 aromatic heterocycles. The van der Waals surface area contributed by atoms with Crippen LogP contribution in [0.1, 0.15) is 50.2 Å². The first-order valence-electron chi connectivity index (χ1n) is 9.06. The molecule has 2 aromatic rings. The summed E-state index contributed by atoms with van der Waals surface area (Å²) in [7, 11) is 0. The van der Waals surface area contributed by atoms with Crippen LogP contribution in [0.15, 0.2) is 42.5 Å². The summed E-state index contributed by atoms with van der Waals surface area (Å²) in [6, 6.07) is 13.6. The van der Waals surface area contributed by atoms with Gasteiger partial charge in [0.15, 0.2) is 0 Å². The molecule has 0 aliphatic heterocycles. The zero-order valence-electron chi connectivity index (χ0n) is 14.9. The molecule has 0 saturated heterocycles. The van der Waals surface area contributed by atoms with Gasteiger partial charge in [-0.2, -0.15) is 0 Å². The van der Waals surface area contributed by atoms with Crippen LogP contribution in [-0.4, -0.2) is 6.54 Å². The fraction of sp³-hybridized carbons (Fsp3) is 0.429. The highest BCUT2D eigenvalue weighted by atomic mass is 35.5. The number of hydrogen-bond donors (Lipinski definition) is 1. The van der Waals surface area contributed by atoms with Gasteiger partial charge in [-0.1, -0.05) is 74.0 Å². The van der Waals surface area contributed by atoms with Crippen molar-refractivity contribution < 1.29 is 4.74 Å². The molecule has 0 fully saturated rings. The Morgan fingerprint density at radius 3 is 2.40 bits per heavy atom. The molecule has 2 nitrogen and oxygen atoms in total. The minimum Gasteiger partial charge on any atom is -0.489 e. The predicted molar refractivity (Wildman–Crippen MR) is 108 cm³/mol. The molecule has 25 heavy (non-hydrogen) atoms. The maximum absolute atomic E-state index is 6.18. The van der Waals surface area contributed by atoms with E-state index in [0.717, 1.165) is 24.4 Å². The van der Waals surface area contributed by atoms with E-state index in [2.05, 4.69) is 24.4 Å². The van der Waals surface area contributed by atoms with Crippen molar-refractivity contribution in [1.29, 1.82) is 0 Å². The van der Waals surface area contributed by atoms with Crippen molar-refractivity contribution in [1.82, 2.24) is 5.32 Å². The third-order valence-corrected chi connectivity index (χ3v) is 4.84. The van der Waals surface area contributed by atoms with Crippen LogP contribution in [0.4, 0.5) is 0 Å². The predicted octanol–water partition coefficient (Wildman–Crippen LogP) is 6.63. The lowest BCUT2D eigenvalue weighted by Gasteiger charge is -2.11. The molecule has 0 radical (unpaired) electrons. The van der Waals surface area contributed by atoms with E-state index >= 15 is 0 Å². The van der Waals surface area contributed by atoms with E-state index in [0.29, 0.717) is 16.7 Å². The first-order chi connectivity index (χ1) is 12.2. The third kappa shape index (κ3) is 7.27. The maximum atomic E-state index is 6.18. The molecule has 0 atom stereocenters. The van der Waals surface area contributed by atoms with Crippen molar-refractivity contribution in [2.75, 3.05) is 6.54 Å². The van der Waals surface area contributed by atoms with Gasteiger partial charge in [0.2, 0.25) is 0 Å². The first kappa shape index (κ1) is 20.1. The molecule has 4 heteroatoms. The molecule has 1 N–H and O–H groups in total.